The molecule has 3 aliphatic heterocycles. The van der Waals surface area contributed by atoms with Crippen molar-refractivity contribution in [2.45, 2.75) is 77.1 Å². The molecule has 23 nitrogen and oxygen atoms in total. The van der Waals surface area contributed by atoms with Gasteiger partial charge in [0.05, 0.1) is 101 Å². The molecule has 24 heteroatoms. The van der Waals surface area contributed by atoms with Crippen LogP contribution in [-0.4, -0.2) is 183 Å². The number of rotatable bonds is 18. The van der Waals surface area contributed by atoms with Gasteiger partial charge >= 0.3 is 0 Å². The molecule has 3 aromatic heterocycles. The van der Waals surface area contributed by atoms with Gasteiger partial charge in [-0.1, -0.05) is 151 Å². The minimum absolute atomic E-state index is 0. The van der Waals surface area contributed by atoms with Crippen LogP contribution in [0.15, 0.2) is 186 Å². The highest BCUT2D eigenvalue weighted by Crippen LogP contribution is 2.73. The zero-order valence-corrected chi connectivity index (χ0v) is 63.0. The molecule has 0 unspecified atom stereocenters. The second-order valence-electron chi connectivity index (χ2n) is 28.6. The summed E-state index contributed by atoms with van der Waals surface area (Å²) in [4.78, 5) is 19.3. The molecule has 564 valence electrons. The Morgan fingerprint density at radius 3 is 0.870 bits per heavy atom. The normalized spacial score (nSPS) is 28.2. The number of pyridine rings is 3. The van der Waals surface area contributed by atoms with E-state index in [9.17, 15) is 41.2 Å². The molecule has 15 atom stereocenters. The third-order valence-electron chi connectivity index (χ3n) is 22.1. The number of hydrogen-bond donors (Lipinski definition) is 6. The highest BCUT2D eigenvalue weighted by molar-refractivity contribution is 9.10. The lowest BCUT2D eigenvalue weighted by atomic mass is 9.70. The van der Waals surface area contributed by atoms with Crippen molar-refractivity contribution in [3.8, 4) is 64.7 Å². The molecule has 0 saturated heterocycles. The summed E-state index contributed by atoms with van der Waals surface area (Å²) in [5, 5.41) is 93.0. The van der Waals surface area contributed by atoms with E-state index in [-0.39, 0.29) is 53.9 Å². The lowest BCUT2D eigenvalue weighted by Crippen LogP contribution is -2.52. The van der Waals surface area contributed by atoms with Gasteiger partial charge in [-0.15, -0.1) is 0 Å². The maximum atomic E-state index is 12.8. The lowest BCUT2D eigenvalue weighted by molar-refractivity contribution is -0.152. The van der Waals surface area contributed by atoms with E-state index < -0.39 is 81.5 Å². The van der Waals surface area contributed by atoms with Gasteiger partial charge in [0, 0.05) is 77.8 Å². The minimum Gasteiger partial charge on any atom is -0.481 e. The van der Waals surface area contributed by atoms with Crippen LogP contribution in [0.5, 0.6) is 52.5 Å². The van der Waals surface area contributed by atoms with E-state index in [2.05, 4.69) is 43.0 Å². The average molecular weight is 1530 g/mol. The number of halogens is 1. The number of benzene rings is 6. The molecule has 6 aromatic carbocycles. The van der Waals surface area contributed by atoms with E-state index in [4.69, 9.17) is 42.6 Å². The first-order chi connectivity index (χ1) is 51.4. The molecule has 108 heavy (non-hydrogen) atoms. The third kappa shape index (κ3) is 11.9. The van der Waals surface area contributed by atoms with Gasteiger partial charge in [-0.25, -0.2) is 0 Å². The summed E-state index contributed by atoms with van der Waals surface area (Å²) in [6, 6.07) is 60.2. The van der Waals surface area contributed by atoms with Gasteiger partial charge in [0.1, 0.15) is 17.2 Å². The minimum atomic E-state index is -1.91. The van der Waals surface area contributed by atoms with Crippen LogP contribution in [0.4, 0.5) is 0 Å². The molecule has 15 rings (SSSR count). The van der Waals surface area contributed by atoms with Crippen LogP contribution >= 0.6 is 15.9 Å². The first-order valence-corrected chi connectivity index (χ1v) is 35.7. The summed E-state index contributed by atoms with van der Waals surface area (Å²) < 4.78 is 54.3. The Labute approximate surface area is 637 Å². The zero-order valence-electron chi connectivity index (χ0n) is 61.5. The monoisotopic (exact) mass is 1530 g/mol. The Bertz CT molecular complexity index is 4590. The van der Waals surface area contributed by atoms with Crippen molar-refractivity contribution in [2.75, 3.05) is 105 Å². The summed E-state index contributed by atoms with van der Waals surface area (Å²) in [6.07, 6.45) is -3.64. The van der Waals surface area contributed by atoms with Crippen molar-refractivity contribution in [2.24, 2.45) is 17.8 Å². The van der Waals surface area contributed by atoms with Crippen LogP contribution in [0, 0.1) is 40.4 Å². The van der Waals surface area contributed by atoms with E-state index in [1.165, 1.54) is 42.7 Å². The fraction of sp³-hybridized carbons (Fsp3) is 0.369. The fourth-order valence-corrected chi connectivity index (χ4v) is 18.4. The SMILES string of the molecule is C.COc1cc2c(c(OC)n1)[C@]1(O)[C@H](O)[C@H](CN(C)C)[C@@H](c3ccccc3)[C@]1(c1ccc(Br)cc1)O2.COc1cc2c(c(OC)n1)[C@]1(O)[C@H](O)[C@H](CN(C)C)[C@@H](c3ccccc3)[C@]1(c1ccc(C#N)cc1)O2.COc1cc2c(c(OC)n1)[C@]1(O)[C@H](O)[C@H](CN(C)C)[C@@H](c3ccccc3)[C@]1(c1ccc(C#N)cc1)O2. The lowest BCUT2D eigenvalue weighted by Gasteiger charge is -2.41. The van der Waals surface area contributed by atoms with Crippen molar-refractivity contribution >= 4 is 15.9 Å². The second-order valence-corrected chi connectivity index (χ2v) is 29.5. The highest BCUT2D eigenvalue weighted by Gasteiger charge is 2.80. The molecule has 3 fully saturated rings. The molecular formula is C84H91BrN8O15. The fourth-order valence-electron chi connectivity index (χ4n) is 18.1. The van der Waals surface area contributed by atoms with Crippen LogP contribution in [0.3, 0.4) is 0 Å². The van der Waals surface area contributed by atoms with Crippen molar-refractivity contribution in [1.29, 1.82) is 10.5 Å². The molecule has 0 bridgehead atoms. The molecule has 6 N–H and O–H groups in total. The van der Waals surface area contributed by atoms with Crippen LogP contribution in [0.1, 0.15) is 86.4 Å². The van der Waals surface area contributed by atoms with E-state index in [1.807, 2.05) is 172 Å². The Morgan fingerprint density at radius 2 is 0.648 bits per heavy atom. The van der Waals surface area contributed by atoms with Gasteiger partial charge in [-0.05, 0) is 112 Å². The number of fused-ring (bicyclic) bond motifs is 9. The first-order valence-electron chi connectivity index (χ1n) is 35.0. The van der Waals surface area contributed by atoms with Crippen molar-refractivity contribution in [1.82, 2.24) is 29.7 Å². The predicted octanol–water partition coefficient (Wildman–Crippen LogP) is 9.87. The molecule has 6 aliphatic rings. The number of nitrogens with zero attached hydrogens (tertiary/aromatic N) is 8. The number of hydrogen-bond acceptors (Lipinski definition) is 23. The Hall–Kier alpha value is -9.93. The summed E-state index contributed by atoms with van der Waals surface area (Å²) in [5.41, 5.74) is -3.24. The molecule has 3 saturated carbocycles. The summed E-state index contributed by atoms with van der Waals surface area (Å²) in [6.45, 7) is 1.52. The Kier molecular flexibility index (Phi) is 21.8. The van der Waals surface area contributed by atoms with Gasteiger partial charge in [0.25, 0.3) is 0 Å². The first kappa shape index (κ1) is 77.7. The molecule has 0 spiro atoms. The van der Waals surface area contributed by atoms with Gasteiger partial charge in [0.15, 0.2) is 33.6 Å². The number of aromatic nitrogens is 3. The number of aliphatic hydroxyl groups excluding tert-OH is 3. The van der Waals surface area contributed by atoms with E-state index in [0.29, 0.717) is 70.6 Å². The molecule has 3 aliphatic carbocycles. The van der Waals surface area contributed by atoms with Gasteiger partial charge in [-0.2, -0.15) is 25.5 Å². The van der Waals surface area contributed by atoms with Crippen LogP contribution in [-0.2, 0) is 33.6 Å². The van der Waals surface area contributed by atoms with Crippen molar-refractivity contribution < 1.29 is 73.3 Å². The second kappa shape index (κ2) is 30.3. The maximum Gasteiger partial charge on any atom is 0.226 e. The summed E-state index contributed by atoms with van der Waals surface area (Å²) in [7, 11) is 20.5. The van der Waals surface area contributed by atoms with E-state index in [0.717, 1.165) is 26.7 Å². The number of ether oxygens (including phenoxy) is 9. The zero-order chi connectivity index (χ0) is 76.3. The third-order valence-corrected chi connectivity index (χ3v) is 22.6. The largest absolute Gasteiger partial charge is 0.481 e. The number of nitriles is 2. The smallest absolute Gasteiger partial charge is 0.226 e. The van der Waals surface area contributed by atoms with Crippen LogP contribution in [0.25, 0.3) is 0 Å². The quantitative estimate of drug-likeness (QED) is 0.0465. The summed E-state index contributed by atoms with van der Waals surface area (Å²) in [5.74, 6) is -0.235. The average Bonchev–Trinajstić information content (AvgIpc) is 1.51. The molecule has 6 heterocycles. The molecule has 0 amide bonds. The van der Waals surface area contributed by atoms with Crippen LogP contribution in [0.2, 0.25) is 0 Å². The standard InChI is InChI=1S/2C28H29N3O5.C27H29BrN2O5.CH4/c2*1-31(2)16-20-23(18-8-6-5-7-9-18)28(19-12-10-17(15-29)11-13-19)27(33,25(20)32)24-21(36-28)14-22(34-3)30-26(24)35-4;1-30(2)15-19-22(16-8-6-5-7-9-16)27(17-10-12-18(28)13-11-17)26(32,24(19)31)23-20(35-27)14-21(33-3)29-25(23)34-4;/h2*5-14,20,23,25,32-33H,16H2,1-4H3;5-14,19,22,24,31-32H,15H2,1-4H3;1H4/t2*20-,23-,25-,27+,28+;19-,22-,24-,26+,27+;/m111./s1. The number of aliphatic hydroxyl groups is 6. The highest BCUT2D eigenvalue weighted by atomic mass is 79.9. The van der Waals surface area contributed by atoms with Crippen LogP contribution < -0.4 is 42.6 Å². The molecular weight excluding hydrogens is 1440 g/mol. The topological polar surface area (TPSA) is 300 Å². The van der Waals surface area contributed by atoms with Crippen molar-refractivity contribution in [3.63, 3.8) is 0 Å². The Morgan fingerprint density at radius 1 is 0.398 bits per heavy atom. The molecule has 0 radical (unpaired) electrons. The van der Waals surface area contributed by atoms with Crippen molar-refractivity contribution in [3.05, 3.63) is 248 Å². The van der Waals surface area contributed by atoms with E-state index >= 15 is 0 Å². The summed E-state index contributed by atoms with van der Waals surface area (Å²) >= 11 is 3.52. The van der Waals surface area contributed by atoms with Gasteiger partial charge in [0.2, 0.25) is 35.3 Å². The van der Waals surface area contributed by atoms with Gasteiger partial charge < -0.3 is 88.0 Å². The maximum absolute atomic E-state index is 12.8. The van der Waals surface area contributed by atoms with E-state index in [1.54, 1.807) is 66.7 Å². The predicted molar refractivity (Wildman–Crippen MR) is 406 cm³/mol. The Balaban J connectivity index is 0.000000151. The van der Waals surface area contributed by atoms with Gasteiger partial charge in [-0.3, -0.25) is 0 Å². The molecule has 9 aromatic rings. The number of methoxy groups -OCH3 is 6.